The Labute approximate surface area is 167 Å². The van der Waals surface area contributed by atoms with Crippen molar-refractivity contribution in [1.82, 2.24) is 9.97 Å². The molecule has 2 heterocycles. The van der Waals surface area contributed by atoms with Crippen LogP contribution in [0.1, 0.15) is 21.6 Å². The molecule has 6 nitrogen and oxygen atoms in total. The quantitative estimate of drug-likeness (QED) is 0.537. The summed E-state index contributed by atoms with van der Waals surface area (Å²) in [6, 6.07) is 22.2. The lowest BCUT2D eigenvalue weighted by atomic mass is 10.0. The molecular formula is C23H17N5O. The summed E-state index contributed by atoms with van der Waals surface area (Å²) in [5.74, 6) is 0.199. The first kappa shape index (κ1) is 18.1. The molecule has 0 saturated heterocycles. The van der Waals surface area contributed by atoms with Crippen LogP contribution in [0.3, 0.4) is 0 Å². The smallest absolute Gasteiger partial charge is 0.259 e. The lowest BCUT2D eigenvalue weighted by Crippen LogP contribution is -2.16. The van der Waals surface area contributed by atoms with E-state index in [1.54, 1.807) is 36.7 Å². The number of hydrogen-bond acceptors (Lipinski definition) is 5. The highest BCUT2D eigenvalue weighted by Gasteiger charge is 2.14. The van der Waals surface area contributed by atoms with Gasteiger partial charge < -0.3 is 10.6 Å². The third-order valence-corrected chi connectivity index (χ3v) is 4.51. The van der Waals surface area contributed by atoms with E-state index in [2.05, 4.69) is 26.7 Å². The van der Waals surface area contributed by atoms with Gasteiger partial charge in [-0.15, -0.1) is 0 Å². The fourth-order valence-corrected chi connectivity index (χ4v) is 3.10. The summed E-state index contributed by atoms with van der Waals surface area (Å²) >= 11 is 0. The molecule has 0 aliphatic rings. The van der Waals surface area contributed by atoms with Crippen LogP contribution in [0.25, 0.3) is 10.8 Å². The van der Waals surface area contributed by atoms with Gasteiger partial charge in [0.2, 0.25) is 0 Å². The Balaban J connectivity index is 1.60. The molecule has 0 saturated carbocycles. The third kappa shape index (κ3) is 3.89. The molecule has 29 heavy (non-hydrogen) atoms. The molecule has 0 fully saturated rings. The van der Waals surface area contributed by atoms with Gasteiger partial charge in [-0.05, 0) is 36.4 Å². The summed E-state index contributed by atoms with van der Waals surface area (Å²) in [6.07, 6.45) is 3.35. The number of benzene rings is 2. The maximum absolute atomic E-state index is 13.0. The van der Waals surface area contributed by atoms with E-state index in [-0.39, 0.29) is 5.91 Å². The number of nitriles is 1. The molecule has 4 rings (SSSR count). The minimum Gasteiger partial charge on any atom is -0.364 e. The molecule has 0 atom stereocenters. The van der Waals surface area contributed by atoms with Gasteiger partial charge in [-0.1, -0.05) is 30.3 Å². The lowest BCUT2D eigenvalue weighted by molar-refractivity contribution is 0.102. The van der Waals surface area contributed by atoms with Crippen LogP contribution in [0.15, 0.2) is 79.1 Å². The van der Waals surface area contributed by atoms with E-state index >= 15 is 0 Å². The number of fused-ring (bicyclic) bond motifs is 1. The highest BCUT2D eigenvalue weighted by Crippen LogP contribution is 2.27. The summed E-state index contributed by atoms with van der Waals surface area (Å²) in [5, 5.41) is 17.0. The normalized spacial score (nSPS) is 10.3. The fourth-order valence-electron chi connectivity index (χ4n) is 3.10. The molecular weight excluding hydrogens is 362 g/mol. The van der Waals surface area contributed by atoms with Crippen LogP contribution >= 0.6 is 0 Å². The molecule has 0 aliphatic heterocycles. The topological polar surface area (TPSA) is 90.7 Å². The van der Waals surface area contributed by atoms with Gasteiger partial charge in [0, 0.05) is 28.9 Å². The minimum atomic E-state index is -0.281. The number of carbonyl (C=O) groups is 1. The summed E-state index contributed by atoms with van der Waals surface area (Å²) in [7, 11) is 0. The molecule has 1 amide bonds. The Bertz CT molecular complexity index is 1210. The maximum atomic E-state index is 13.0. The van der Waals surface area contributed by atoms with E-state index in [0.717, 1.165) is 16.5 Å². The summed E-state index contributed by atoms with van der Waals surface area (Å²) in [4.78, 5) is 21.5. The largest absolute Gasteiger partial charge is 0.364 e. The van der Waals surface area contributed by atoms with Crippen molar-refractivity contribution < 1.29 is 4.79 Å². The number of aromatic nitrogens is 2. The van der Waals surface area contributed by atoms with Crippen molar-refractivity contribution >= 4 is 28.2 Å². The van der Waals surface area contributed by atoms with Crippen LogP contribution in [0.2, 0.25) is 0 Å². The van der Waals surface area contributed by atoms with Crippen molar-refractivity contribution in [3.63, 3.8) is 0 Å². The first-order valence-corrected chi connectivity index (χ1v) is 9.08. The van der Waals surface area contributed by atoms with Crippen molar-refractivity contribution in [1.29, 1.82) is 5.26 Å². The molecule has 0 bridgehead atoms. The van der Waals surface area contributed by atoms with Gasteiger partial charge in [0.25, 0.3) is 5.91 Å². The zero-order chi connectivity index (χ0) is 20.1. The predicted octanol–water partition coefficient (Wildman–Crippen LogP) is 4.37. The van der Waals surface area contributed by atoms with Crippen LogP contribution < -0.4 is 10.6 Å². The van der Waals surface area contributed by atoms with Gasteiger partial charge in [0.1, 0.15) is 5.82 Å². The van der Waals surface area contributed by atoms with E-state index < -0.39 is 0 Å². The molecule has 0 unspecified atom stereocenters. The molecule has 0 spiro atoms. The van der Waals surface area contributed by atoms with Crippen molar-refractivity contribution in [2.45, 2.75) is 6.54 Å². The second-order valence-corrected chi connectivity index (χ2v) is 6.35. The summed E-state index contributed by atoms with van der Waals surface area (Å²) in [6.45, 7) is 0.456. The van der Waals surface area contributed by atoms with Gasteiger partial charge in [0.15, 0.2) is 0 Å². The van der Waals surface area contributed by atoms with Gasteiger partial charge in [-0.2, -0.15) is 5.26 Å². The lowest BCUT2D eigenvalue weighted by Gasteiger charge is -2.13. The van der Waals surface area contributed by atoms with Crippen molar-refractivity contribution in [2.75, 3.05) is 10.6 Å². The van der Waals surface area contributed by atoms with Crippen molar-refractivity contribution in [3.05, 3.63) is 95.9 Å². The average molecular weight is 379 g/mol. The number of carbonyl (C=O) groups excluding carboxylic acids is 1. The minimum absolute atomic E-state index is 0.281. The Hall–Kier alpha value is -4.24. The Morgan fingerprint density at radius 2 is 1.69 bits per heavy atom. The number of rotatable bonds is 5. The van der Waals surface area contributed by atoms with E-state index in [1.807, 2.05) is 42.5 Å². The standard InChI is InChI=1S/C23H17N5O/c24-14-16-10-11-21(19-8-2-1-7-18(16)19)28-23(29)20-9-5-13-26-22(20)27-15-17-6-3-4-12-25-17/h1-13H,15H2,(H,26,27)(H,28,29). The second kappa shape index (κ2) is 8.19. The Morgan fingerprint density at radius 3 is 2.48 bits per heavy atom. The molecule has 2 aromatic carbocycles. The molecule has 140 valence electrons. The Morgan fingerprint density at radius 1 is 0.897 bits per heavy atom. The number of hydrogen-bond donors (Lipinski definition) is 2. The van der Waals surface area contributed by atoms with E-state index in [1.165, 1.54) is 0 Å². The molecule has 0 radical (unpaired) electrons. The van der Waals surface area contributed by atoms with Gasteiger partial charge >= 0.3 is 0 Å². The first-order valence-electron chi connectivity index (χ1n) is 9.08. The Kier molecular flexibility index (Phi) is 5.12. The second-order valence-electron chi connectivity index (χ2n) is 6.35. The first-order chi connectivity index (χ1) is 14.3. The van der Waals surface area contributed by atoms with Gasteiger partial charge in [-0.3, -0.25) is 9.78 Å². The molecule has 0 aliphatic carbocycles. The third-order valence-electron chi connectivity index (χ3n) is 4.51. The zero-order valence-corrected chi connectivity index (χ0v) is 15.5. The highest BCUT2D eigenvalue weighted by atomic mass is 16.1. The van der Waals surface area contributed by atoms with E-state index in [4.69, 9.17) is 0 Å². The monoisotopic (exact) mass is 379 g/mol. The molecule has 6 heteroatoms. The van der Waals surface area contributed by atoms with Crippen LogP contribution in [-0.4, -0.2) is 15.9 Å². The van der Waals surface area contributed by atoms with Crippen LogP contribution in [0, 0.1) is 11.3 Å². The number of anilines is 2. The van der Waals surface area contributed by atoms with Crippen LogP contribution in [-0.2, 0) is 6.54 Å². The number of amides is 1. The van der Waals surface area contributed by atoms with Gasteiger partial charge in [-0.25, -0.2) is 4.98 Å². The van der Waals surface area contributed by atoms with Crippen LogP contribution in [0.4, 0.5) is 11.5 Å². The summed E-state index contributed by atoms with van der Waals surface area (Å²) < 4.78 is 0. The zero-order valence-electron chi connectivity index (χ0n) is 15.5. The van der Waals surface area contributed by atoms with Crippen LogP contribution in [0.5, 0.6) is 0 Å². The number of nitrogens with zero attached hydrogens (tertiary/aromatic N) is 3. The fraction of sp³-hybridized carbons (Fsp3) is 0.0435. The molecule has 2 N–H and O–H groups in total. The number of nitrogens with one attached hydrogen (secondary N) is 2. The highest BCUT2D eigenvalue weighted by molar-refractivity contribution is 6.11. The van der Waals surface area contributed by atoms with Gasteiger partial charge in [0.05, 0.1) is 29.4 Å². The molecule has 2 aromatic heterocycles. The van der Waals surface area contributed by atoms with Crippen molar-refractivity contribution in [3.8, 4) is 6.07 Å². The van der Waals surface area contributed by atoms with E-state index in [9.17, 15) is 10.1 Å². The number of pyridine rings is 2. The van der Waals surface area contributed by atoms with Crippen molar-refractivity contribution in [2.24, 2.45) is 0 Å². The van der Waals surface area contributed by atoms with E-state index in [0.29, 0.717) is 29.2 Å². The summed E-state index contributed by atoms with van der Waals surface area (Å²) in [5.41, 5.74) is 2.49. The maximum Gasteiger partial charge on any atom is 0.259 e. The molecule has 4 aromatic rings. The predicted molar refractivity (Wildman–Crippen MR) is 112 cm³/mol. The SMILES string of the molecule is N#Cc1ccc(NC(=O)c2cccnc2NCc2ccccn2)c2ccccc12. The average Bonchev–Trinajstić information content (AvgIpc) is 2.79.